The van der Waals surface area contributed by atoms with E-state index in [-0.39, 0.29) is 24.5 Å². The molecule has 3 aliphatic heterocycles. The molecule has 24 heavy (non-hydrogen) atoms. The highest BCUT2D eigenvalue weighted by molar-refractivity contribution is 7.53. The zero-order valence-corrected chi connectivity index (χ0v) is 15.9. The van der Waals surface area contributed by atoms with Crippen LogP contribution in [-0.4, -0.2) is 69.1 Å². The van der Waals surface area contributed by atoms with Gasteiger partial charge in [0.15, 0.2) is 11.6 Å². The van der Waals surface area contributed by atoms with E-state index >= 15 is 0 Å². The summed E-state index contributed by atoms with van der Waals surface area (Å²) in [7, 11) is -0.536. The fourth-order valence-corrected chi connectivity index (χ4v) is 4.64. The van der Waals surface area contributed by atoms with Crippen LogP contribution in [0.4, 0.5) is 0 Å². The molecule has 3 saturated heterocycles. The highest BCUT2D eigenvalue weighted by atomic mass is 31.2. The van der Waals surface area contributed by atoms with Crippen molar-refractivity contribution in [2.45, 2.75) is 69.8 Å². The first-order valence-corrected chi connectivity index (χ1v) is 9.84. The highest BCUT2D eigenvalue weighted by Crippen LogP contribution is 2.51. The predicted molar refractivity (Wildman–Crippen MR) is 83.9 cm³/mol. The molecule has 9 heteroatoms. The van der Waals surface area contributed by atoms with Gasteiger partial charge in [0.2, 0.25) is 0 Å². The molecule has 3 heterocycles. The Morgan fingerprint density at radius 2 is 1.54 bits per heavy atom. The standard InChI is InChI=1S/C15H27O8P/c1-14(2)19-7-9-11(21-14)13-12(22-15(3,4)23-13)10(20-9)8-24(16,17-5)18-6/h9-13H,7-8H2,1-6H3/t9?,10-,11+,12?,13?/m0/s1. The molecule has 0 aromatic rings. The Labute approximate surface area is 142 Å². The summed E-state index contributed by atoms with van der Waals surface area (Å²) >= 11 is 0. The van der Waals surface area contributed by atoms with E-state index in [1.54, 1.807) is 0 Å². The molecular weight excluding hydrogens is 339 g/mol. The van der Waals surface area contributed by atoms with Gasteiger partial charge in [-0.05, 0) is 27.7 Å². The summed E-state index contributed by atoms with van der Waals surface area (Å²) in [5.41, 5.74) is 0. The van der Waals surface area contributed by atoms with Crippen LogP contribution in [0, 0.1) is 0 Å². The Balaban J connectivity index is 1.85. The maximum absolute atomic E-state index is 12.5. The van der Waals surface area contributed by atoms with E-state index in [0.29, 0.717) is 6.61 Å². The molecule has 5 atom stereocenters. The molecule has 3 unspecified atom stereocenters. The molecule has 0 N–H and O–H groups in total. The molecule has 0 saturated carbocycles. The zero-order valence-electron chi connectivity index (χ0n) is 15.0. The van der Waals surface area contributed by atoms with Gasteiger partial charge in [0, 0.05) is 14.2 Å². The average Bonchev–Trinajstić information content (AvgIpc) is 2.83. The summed E-state index contributed by atoms with van der Waals surface area (Å²) in [6, 6.07) is 0. The van der Waals surface area contributed by atoms with Gasteiger partial charge in [-0.1, -0.05) is 0 Å². The van der Waals surface area contributed by atoms with Crippen LogP contribution in [0.25, 0.3) is 0 Å². The van der Waals surface area contributed by atoms with Crippen molar-refractivity contribution in [2.75, 3.05) is 27.0 Å². The van der Waals surface area contributed by atoms with Crippen LogP contribution in [0.3, 0.4) is 0 Å². The van der Waals surface area contributed by atoms with Crippen LogP contribution in [0.15, 0.2) is 0 Å². The Morgan fingerprint density at radius 1 is 0.958 bits per heavy atom. The molecule has 3 rings (SSSR count). The fourth-order valence-electron chi connectivity index (χ4n) is 3.46. The van der Waals surface area contributed by atoms with Gasteiger partial charge in [0.25, 0.3) is 0 Å². The van der Waals surface area contributed by atoms with Crippen LogP contribution in [0.1, 0.15) is 27.7 Å². The molecule has 3 fully saturated rings. The Bertz CT molecular complexity index is 514. The van der Waals surface area contributed by atoms with Crippen molar-refractivity contribution < 1.29 is 37.3 Å². The second-order valence-electron chi connectivity index (χ2n) is 7.23. The van der Waals surface area contributed by atoms with Crippen LogP contribution >= 0.6 is 7.60 Å². The van der Waals surface area contributed by atoms with E-state index < -0.39 is 31.4 Å². The van der Waals surface area contributed by atoms with E-state index in [1.165, 1.54) is 14.2 Å². The number of hydrogen-bond acceptors (Lipinski definition) is 8. The maximum atomic E-state index is 12.5. The molecule has 8 nitrogen and oxygen atoms in total. The molecule has 0 aromatic carbocycles. The van der Waals surface area contributed by atoms with E-state index in [4.69, 9.17) is 32.7 Å². The molecule has 0 bridgehead atoms. The lowest BCUT2D eigenvalue weighted by Gasteiger charge is -2.48. The van der Waals surface area contributed by atoms with Crippen molar-refractivity contribution in [3.8, 4) is 0 Å². The average molecular weight is 366 g/mol. The number of rotatable bonds is 4. The van der Waals surface area contributed by atoms with E-state index in [9.17, 15) is 4.57 Å². The highest BCUT2D eigenvalue weighted by Gasteiger charge is 2.59. The van der Waals surface area contributed by atoms with Gasteiger partial charge in [0.05, 0.1) is 18.9 Å². The van der Waals surface area contributed by atoms with Crippen molar-refractivity contribution in [3.63, 3.8) is 0 Å². The smallest absolute Gasteiger partial charge is 0.332 e. The van der Waals surface area contributed by atoms with Gasteiger partial charge in [-0.25, -0.2) is 0 Å². The first kappa shape index (κ1) is 18.7. The minimum absolute atomic E-state index is 0.0766. The molecule has 140 valence electrons. The first-order chi connectivity index (χ1) is 11.1. The lowest BCUT2D eigenvalue weighted by atomic mass is 9.94. The molecule has 0 radical (unpaired) electrons. The van der Waals surface area contributed by atoms with Gasteiger partial charge in [-0.15, -0.1) is 0 Å². The monoisotopic (exact) mass is 366 g/mol. The van der Waals surface area contributed by atoms with Gasteiger partial charge in [0.1, 0.15) is 24.4 Å². The zero-order chi connectivity index (χ0) is 17.8. The largest absolute Gasteiger partial charge is 0.366 e. The molecule has 0 spiro atoms. The summed E-state index contributed by atoms with van der Waals surface area (Å²) < 4.78 is 52.6. The Morgan fingerprint density at radius 3 is 2.17 bits per heavy atom. The van der Waals surface area contributed by atoms with Crippen molar-refractivity contribution >= 4 is 7.60 Å². The van der Waals surface area contributed by atoms with Crippen molar-refractivity contribution in [1.82, 2.24) is 0 Å². The van der Waals surface area contributed by atoms with E-state index in [1.807, 2.05) is 27.7 Å². The lowest BCUT2D eigenvalue weighted by Crippen LogP contribution is -2.64. The topological polar surface area (TPSA) is 81.7 Å². The summed E-state index contributed by atoms with van der Waals surface area (Å²) in [6.45, 7) is 7.76. The predicted octanol–water partition coefficient (Wildman–Crippen LogP) is 1.91. The van der Waals surface area contributed by atoms with Gasteiger partial charge < -0.3 is 32.7 Å². The summed E-state index contributed by atoms with van der Waals surface area (Å²) in [5, 5.41) is 0. The third-order valence-electron chi connectivity index (χ3n) is 4.54. The molecule has 3 aliphatic rings. The minimum atomic E-state index is -3.26. The van der Waals surface area contributed by atoms with Crippen LogP contribution in [0.5, 0.6) is 0 Å². The van der Waals surface area contributed by atoms with Crippen molar-refractivity contribution in [1.29, 1.82) is 0 Å². The lowest BCUT2D eigenvalue weighted by molar-refractivity contribution is -0.346. The number of fused-ring (bicyclic) bond motifs is 3. The summed E-state index contributed by atoms with van der Waals surface area (Å²) in [6.07, 6.45) is -1.84. The SMILES string of the molecule is COP(=O)(C[C@@H]1OC2COC(C)(C)O[C@H]2C2OC(C)(C)OC21)OC. The van der Waals surface area contributed by atoms with Gasteiger partial charge >= 0.3 is 7.60 Å². The minimum Gasteiger partial charge on any atom is -0.366 e. The number of hydrogen-bond donors (Lipinski definition) is 0. The van der Waals surface area contributed by atoms with Gasteiger partial charge in [-0.2, -0.15) is 0 Å². The second kappa shape index (κ2) is 6.28. The van der Waals surface area contributed by atoms with E-state index in [2.05, 4.69) is 0 Å². The molecule has 0 aromatic heterocycles. The molecular formula is C15H27O8P. The first-order valence-electron chi connectivity index (χ1n) is 8.11. The van der Waals surface area contributed by atoms with E-state index in [0.717, 1.165) is 0 Å². The number of ether oxygens (including phenoxy) is 5. The van der Waals surface area contributed by atoms with Gasteiger partial charge in [-0.3, -0.25) is 4.57 Å². The maximum Gasteiger partial charge on any atom is 0.332 e. The third-order valence-corrected chi connectivity index (χ3v) is 6.46. The van der Waals surface area contributed by atoms with Crippen molar-refractivity contribution in [2.24, 2.45) is 0 Å². The van der Waals surface area contributed by atoms with Crippen LogP contribution < -0.4 is 0 Å². The Hall–Kier alpha value is -0.0500. The van der Waals surface area contributed by atoms with Crippen LogP contribution in [0.2, 0.25) is 0 Å². The summed E-state index contributed by atoms with van der Waals surface area (Å²) in [5.74, 6) is -1.49. The molecule has 0 amide bonds. The molecule has 0 aliphatic carbocycles. The fraction of sp³-hybridized carbons (Fsp3) is 1.00. The third kappa shape index (κ3) is 3.57. The van der Waals surface area contributed by atoms with Crippen LogP contribution in [-0.2, 0) is 37.3 Å². The quantitative estimate of drug-likeness (QED) is 0.698. The summed E-state index contributed by atoms with van der Waals surface area (Å²) in [4.78, 5) is 0. The second-order valence-corrected chi connectivity index (χ2v) is 9.55. The normalized spacial score (nSPS) is 40.8. The van der Waals surface area contributed by atoms with Crippen molar-refractivity contribution in [3.05, 3.63) is 0 Å². The Kier molecular flexibility index (Phi) is 4.90.